The van der Waals surface area contributed by atoms with Gasteiger partial charge in [0.1, 0.15) is 5.82 Å². The summed E-state index contributed by atoms with van der Waals surface area (Å²) in [4.78, 5) is 17.2. The summed E-state index contributed by atoms with van der Waals surface area (Å²) in [6.45, 7) is 3.35. The highest BCUT2D eigenvalue weighted by molar-refractivity contribution is 5.94. The van der Waals surface area contributed by atoms with Gasteiger partial charge in [0, 0.05) is 12.1 Å². The van der Waals surface area contributed by atoms with E-state index in [4.69, 9.17) is 9.47 Å². The zero-order valence-corrected chi connectivity index (χ0v) is 15.3. The molecule has 2 aromatic carbocycles. The summed E-state index contributed by atoms with van der Waals surface area (Å²) in [5.41, 5.74) is 2.54. The molecule has 1 aromatic heterocycles. The average Bonchev–Trinajstić information content (AvgIpc) is 3.03. The van der Waals surface area contributed by atoms with Crippen molar-refractivity contribution in [3.05, 3.63) is 53.9 Å². The van der Waals surface area contributed by atoms with Crippen LogP contribution in [0.25, 0.3) is 11.0 Å². The first-order valence-electron chi connectivity index (χ1n) is 8.62. The van der Waals surface area contributed by atoms with Crippen LogP contribution < -0.4 is 14.8 Å². The zero-order valence-electron chi connectivity index (χ0n) is 15.3. The number of aromatic nitrogens is 2. The fourth-order valence-corrected chi connectivity index (χ4v) is 2.97. The van der Waals surface area contributed by atoms with E-state index in [0.717, 1.165) is 29.8 Å². The summed E-state index contributed by atoms with van der Waals surface area (Å²) >= 11 is 0. The molecule has 26 heavy (non-hydrogen) atoms. The molecule has 6 heteroatoms. The van der Waals surface area contributed by atoms with Crippen LogP contribution in [0.15, 0.2) is 42.5 Å². The van der Waals surface area contributed by atoms with Gasteiger partial charge in [0.15, 0.2) is 11.5 Å². The molecule has 6 nitrogen and oxygen atoms in total. The summed E-state index contributed by atoms with van der Waals surface area (Å²) < 4.78 is 12.6. The van der Waals surface area contributed by atoms with Crippen LogP contribution in [0.4, 0.5) is 0 Å². The molecule has 0 atom stereocenters. The van der Waals surface area contributed by atoms with Crippen LogP contribution in [0, 0.1) is 0 Å². The number of fused-ring (bicyclic) bond motifs is 1. The highest BCUT2D eigenvalue weighted by Crippen LogP contribution is 2.27. The van der Waals surface area contributed by atoms with Crippen LogP contribution in [-0.2, 0) is 13.1 Å². The van der Waals surface area contributed by atoms with Crippen molar-refractivity contribution >= 4 is 16.9 Å². The Morgan fingerprint density at radius 1 is 1.12 bits per heavy atom. The van der Waals surface area contributed by atoms with Gasteiger partial charge in [-0.1, -0.05) is 19.1 Å². The molecule has 0 radical (unpaired) electrons. The topological polar surface area (TPSA) is 65.4 Å². The number of ether oxygens (including phenoxy) is 2. The molecule has 0 spiro atoms. The van der Waals surface area contributed by atoms with Gasteiger partial charge in [0.2, 0.25) is 0 Å². The quantitative estimate of drug-likeness (QED) is 0.707. The smallest absolute Gasteiger partial charge is 0.251 e. The highest BCUT2D eigenvalue weighted by Gasteiger charge is 2.13. The number of nitrogens with one attached hydrogen (secondary N) is 1. The number of hydrogen-bond acceptors (Lipinski definition) is 4. The number of carbonyl (C=O) groups is 1. The third-order valence-corrected chi connectivity index (χ3v) is 4.23. The van der Waals surface area contributed by atoms with Crippen molar-refractivity contribution in [2.24, 2.45) is 0 Å². The molecule has 136 valence electrons. The van der Waals surface area contributed by atoms with E-state index in [2.05, 4.69) is 27.9 Å². The first-order valence-corrected chi connectivity index (χ1v) is 8.62. The minimum Gasteiger partial charge on any atom is -0.493 e. The number of benzene rings is 2. The maximum absolute atomic E-state index is 12.5. The second-order valence-electron chi connectivity index (χ2n) is 5.92. The van der Waals surface area contributed by atoms with Crippen molar-refractivity contribution in [2.75, 3.05) is 14.2 Å². The Morgan fingerprint density at radius 2 is 1.88 bits per heavy atom. The summed E-state index contributed by atoms with van der Waals surface area (Å²) in [7, 11) is 3.11. The van der Waals surface area contributed by atoms with Crippen LogP contribution in [-0.4, -0.2) is 29.7 Å². The number of carbonyl (C=O) groups excluding carboxylic acids is 1. The lowest BCUT2D eigenvalue weighted by Crippen LogP contribution is -2.24. The fraction of sp³-hybridized carbons (Fsp3) is 0.300. The van der Waals surface area contributed by atoms with Gasteiger partial charge in [0.05, 0.1) is 31.8 Å². The minimum atomic E-state index is -0.180. The predicted octanol–water partition coefficient (Wildman–Crippen LogP) is 3.39. The zero-order chi connectivity index (χ0) is 18.5. The Labute approximate surface area is 152 Å². The van der Waals surface area contributed by atoms with E-state index >= 15 is 0 Å². The molecule has 0 bridgehead atoms. The highest BCUT2D eigenvalue weighted by atomic mass is 16.5. The van der Waals surface area contributed by atoms with Gasteiger partial charge in [-0.3, -0.25) is 4.79 Å². The molecule has 3 aromatic rings. The summed E-state index contributed by atoms with van der Waals surface area (Å²) in [6.07, 6.45) is 0.997. The van der Waals surface area contributed by atoms with Gasteiger partial charge >= 0.3 is 0 Å². The summed E-state index contributed by atoms with van der Waals surface area (Å²) in [6, 6.07) is 13.1. The SMILES string of the molecule is CCCn1c(CNC(=O)c2ccc(OC)c(OC)c2)nc2ccccc21. The lowest BCUT2D eigenvalue weighted by molar-refractivity contribution is 0.0949. The van der Waals surface area contributed by atoms with E-state index in [1.807, 2.05) is 18.2 Å². The Hall–Kier alpha value is -3.02. The molecular weight excluding hydrogens is 330 g/mol. The maximum Gasteiger partial charge on any atom is 0.251 e. The van der Waals surface area contributed by atoms with E-state index in [1.165, 1.54) is 0 Å². The third-order valence-electron chi connectivity index (χ3n) is 4.23. The summed E-state index contributed by atoms with van der Waals surface area (Å²) in [5.74, 6) is 1.79. The van der Waals surface area contributed by atoms with Crippen molar-refractivity contribution in [3.8, 4) is 11.5 Å². The Kier molecular flexibility index (Phi) is 5.41. The van der Waals surface area contributed by atoms with E-state index in [-0.39, 0.29) is 5.91 Å². The van der Waals surface area contributed by atoms with Gasteiger partial charge < -0.3 is 19.4 Å². The van der Waals surface area contributed by atoms with E-state index < -0.39 is 0 Å². The number of rotatable bonds is 7. The monoisotopic (exact) mass is 353 g/mol. The van der Waals surface area contributed by atoms with Crippen molar-refractivity contribution in [1.82, 2.24) is 14.9 Å². The van der Waals surface area contributed by atoms with Gasteiger partial charge in [-0.2, -0.15) is 0 Å². The Balaban J connectivity index is 1.79. The Bertz CT molecular complexity index is 918. The molecule has 1 amide bonds. The molecule has 1 heterocycles. The first-order chi connectivity index (χ1) is 12.7. The van der Waals surface area contributed by atoms with Crippen molar-refractivity contribution < 1.29 is 14.3 Å². The number of methoxy groups -OCH3 is 2. The molecule has 0 saturated heterocycles. The lowest BCUT2D eigenvalue weighted by atomic mass is 10.2. The molecular formula is C20H23N3O3. The summed E-state index contributed by atoms with van der Waals surface area (Å²) in [5, 5.41) is 2.95. The van der Waals surface area contributed by atoms with Crippen molar-refractivity contribution in [1.29, 1.82) is 0 Å². The molecule has 0 unspecified atom stereocenters. The standard InChI is InChI=1S/C20H23N3O3/c1-4-11-23-16-8-6-5-7-15(16)22-19(23)13-21-20(24)14-9-10-17(25-2)18(12-14)26-3/h5-10,12H,4,11,13H2,1-3H3,(H,21,24). The van der Waals surface area contributed by atoms with E-state index in [1.54, 1.807) is 32.4 Å². The number of para-hydroxylation sites is 2. The van der Waals surface area contributed by atoms with Gasteiger partial charge in [-0.05, 0) is 36.8 Å². The molecule has 3 rings (SSSR count). The van der Waals surface area contributed by atoms with E-state index in [9.17, 15) is 4.79 Å². The number of imidazole rings is 1. The van der Waals surface area contributed by atoms with Gasteiger partial charge in [-0.15, -0.1) is 0 Å². The first kappa shape index (κ1) is 17.8. The van der Waals surface area contributed by atoms with Crippen LogP contribution >= 0.6 is 0 Å². The molecule has 0 aliphatic rings. The van der Waals surface area contributed by atoms with Crippen molar-refractivity contribution in [2.45, 2.75) is 26.4 Å². The Morgan fingerprint density at radius 3 is 2.62 bits per heavy atom. The maximum atomic E-state index is 12.5. The number of nitrogens with zero attached hydrogens (tertiary/aromatic N) is 2. The van der Waals surface area contributed by atoms with Crippen LogP contribution in [0.3, 0.4) is 0 Å². The normalized spacial score (nSPS) is 10.7. The average molecular weight is 353 g/mol. The molecule has 0 aliphatic carbocycles. The molecule has 0 fully saturated rings. The van der Waals surface area contributed by atoms with Gasteiger partial charge in [-0.25, -0.2) is 4.98 Å². The minimum absolute atomic E-state index is 0.180. The van der Waals surface area contributed by atoms with Crippen molar-refractivity contribution in [3.63, 3.8) is 0 Å². The number of amides is 1. The third kappa shape index (κ3) is 3.49. The van der Waals surface area contributed by atoms with Crippen LogP contribution in [0.2, 0.25) is 0 Å². The second-order valence-corrected chi connectivity index (χ2v) is 5.92. The van der Waals surface area contributed by atoms with Crippen LogP contribution in [0.5, 0.6) is 11.5 Å². The number of hydrogen-bond donors (Lipinski definition) is 1. The lowest BCUT2D eigenvalue weighted by Gasteiger charge is -2.11. The number of aryl methyl sites for hydroxylation is 1. The largest absolute Gasteiger partial charge is 0.493 e. The van der Waals surface area contributed by atoms with Crippen LogP contribution in [0.1, 0.15) is 29.5 Å². The molecule has 0 aliphatic heterocycles. The molecule has 1 N–H and O–H groups in total. The van der Waals surface area contributed by atoms with E-state index in [0.29, 0.717) is 23.6 Å². The van der Waals surface area contributed by atoms with Gasteiger partial charge in [0.25, 0.3) is 5.91 Å². The second kappa shape index (κ2) is 7.91. The fourth-order valence-electron chi connectivity index (χ4n) is 2.97. The molecule has 0 saturated carbocycles. The predicted molar refractivity (Wildman–Crippen MR) is 101 cm³/mol.